The van der Waals surface area contributed by atoms with Crippen molar-refractivity contribution < 1.29 is 24.2 Å². The fourth-order valence-electron chi connectivity index (χ4n) is 3.17. The molecule has 24 heavy (non-hydrogen) atoms. The molecular weight excluding hydrogens is 308 g/mol. The van der Waals surface area contributed by atoms with Crippen molar-refractivity contribution in [2.24, 2.45) is 5.41 Å². The van der Waals surface area contributed by atoms with Crippen molar-refractivity contribution in [3.63, 3.8) is 0 Å². The zero-order valence-electron chi connectivity index (χ0n) is 14.1. The van der Waals surface area contributed by atoms with Crippen LogP contribution in [0.4, 0.5) is 0 Å². The van der Waals surface area contributed by atoms with Crippen LogP contribution in [0.1, 0.15) is 36.1 Å². The maximum Gasteiger partial charge on any atom is 0.324 e. The molecule has 1 aromatic carbocycles. The number of carbonyl (C=O) groups is 2. The molecule has 5 nitrogen and oxygen atoms in total. The van der Waals surface area contributed by atoms with Gasteiger partial charge in [-0.05, 0) is 48.9 Å². The van der Waals surface area contributed by atoms with Crippen LogP contribution in [0.2, 0.25) is 0 Å². The number of ether oxygens (including phenoxy) is 2. The molecule has 2 rings (SSSR count). The van der Waals surface area contributed by atoms with Gasteiger partial charge < -0.3 is 14.6 Å². The minimum Gasteiger partial charge on any atom is -0.465 e. The number of benzene rings is 1. The first-order chi connectivity index (χ1) is 11.5. The number of hydrogen-bond acceptors (Lipinski definition) is 5. The summed E-state index contributed by atoms with van der Waals surface area (Å²) in [5.74, 6) is 1.43. The van der Waals surface area contributed by atoms with Gasteiger partial charge in [-0.2, -0.15) is 0 Å². The number of hydrogen-bond donors (Lipinski definition) is 1. The van der Waals surface area contributed by atoms with E-state index in [2.05, 4.69) is 5.92 Å². The molecule has 1 aliphatic rings. The lowest BCUT2D eigenvalue weighted by molar-refractivity contribution is -0.171. The first-order valence-electron chi connectivity index (χ1n) is 8.04. The number of fused-ring (bicyclic) bond motifs is 1. The molecule has 0 heterocycles. The minimum absolute atomic E-state index is 0.143. The third-order valence-corrected chi connectivity index (χ3v) is 4.30. The van der Waals surface area contributed by atoms with E-state index in [1.165, 1.54) is 0 Å². The molecule has 0 saturated carbocycles. The van der Waals surface area contributed by atoms with Crippen LogP contribution in [0.5, 0.6) is 0 Å². The zero-order valence-corrected chi connectivity index (χ0v) is 14.1. The first kappa shape index (κ1) is 18.0. The van der Waals surface area contributed by atoms with E-state index in [0.29, 0.717) is 6.42 Å². The molecule has 1 N–H and O–H groups in total. The van der Waals surface area contributed by atoms with Crippen LogP contribution < -0.4 is 0 Å². The Morgan fingerprint density at radius 1 is 1.12 bits per heavy atom. The van der Waals surface area contributed by atoms with E-state index in [4.69, 9.17) is 15.9 Å². The number of terminal acetylenes is 1. The summed E-state index contributed by atoms with van der Waals surface area (Å²) < 4.78 is 10.3. The largest absolute Gasteiger partial charge is 0.465 e. The first-order valence-corrected chi connectivity index (χ1v) is 8.04. The van der Waals surface area contributed by atoms with Gasteiger partial charge in [-0.3, -0.25) is 9.59 Å². The van der Waals surface area contributed by atoms with Gasteiger partial charge in [0.2, 0.25) is 0 Å². The van der Waals surface area contributed by atoms with Crippen molar-refractivity contribution in [3.8, 4) is 12.3 Å². The molecule has 0 aliphatic heterocycles. The zero-order chi connectivity index (χ0) is 17.7. The normalized spacial score (nSPS) is 14.6. The summed E-state index contributed by atoms with van der Waals surface area (Å²) in [6.45, 7) is 3.65. The predicted octanol–water partition coefficient (Wildman–Crippen LogP) is 1.57. The molecule has 1 aliphatic carbocycles. The van der Waals surface area contributed by atoms with Crippen molar-refractivity contribution in [1.82, 2.24) is 0 Å². The fourth-order valence-corrected chi connectivity index (χ4v) is 3.17. The molecule has 0 bridgehead atoms. The smallest absolute Gasteiger partial charge is 0.324 e. The Labute approximate surface area is 142 Å². The van der Waals surface area contributed by atoms with Gasteiger partial charge in [0, 0.05) is 6.42 Å². The Hall–Kier alpha value is -2.32. The summed E-state index contributed by atoms with van der Waals surface area (Å²) in [7, 11) is 0. The van der Waals surface area contributed by atoms with Crippen LogP contribution in [-0.4, -0.2) is 30.3 Å². The van der Waals surface area contributed by atoms with E-state index >= 15 is 0 Å². The van der Waals surface area contributed by atoms with Crippen molar-refractivity contribution in [2.45, 2.75) is 39.7 Å². The molecule has 0 amide bonds. The Balaban J connectivity index is 2.45. The molecule has 0 saturated heterocycles. The van der Waals surface area contributed by atoms with Gasteiger partial charge in [0.05, 0.1) is 19.8 Å². The van der Waals surface area contributed by atoms with E-state index in [9.17, 15) is 14.7 Å². The molecule has 0 aromatic heterocycles. The van der Waals surface area contributed by atoms with E-state index < -0.39 is 17.4 Å². The maximum atomic E-state index is 12.5. The Morgan fingerprint density at radius 3 is 2.04 bits per heavy atom. The van der Waals surface area contributed by atoms with Crippen molar-refractivity contribution in [1.29, 1.82) is 0 Å². The highest BCUT2D eigenvalue weighted by molar-refractivity contribution is 6.01. The van der Waals surface area contributed by atoms with Gasteiger partial charge >= 0.3 is 11.9 Å². The molecule has 128 valence electrons. The lowest BCUT2D eigenvalue weighted by atomic mass is 9.84. The second-order valence-corrected chi connectivity index (χ2v) is 5.81. The molecule has 0 fully saturated rings. The molecule has 0 radical (unpaired) electrons. The molecule has 1 aromatic rings. The summed E-state index contributed by atoms with van der Waals surface area (Å²) in [5.41, 5.74) is 1.92. The molecule has 0 unspecified atom stereocenters. The van der Waals surface area contributed by atoms with Crippen LogP contribution in [0.3, 0.4) is 0 Å². The van der Waals surface area contributed by atoms with Gasteiger partial charge in [-0.15, -0.1) is 12.3 Å². The van der Waals surface area contributed by atoms with Gasteiger partial charge in [0.25, 0.3) is 0 Å². The second-order valence-electron chi connectivity index (χ2n) is 5.81. The highest BCUT2D eigenvalue weighted by Gasteiger charge is 2.53. The van der Waals surface area contributed by atoms with Crippen LogP contribution >= 0.6 is 0 Å². The minimum atomic E-state index is -1.35. The summed E-state index contributed by atoms with van der Waals surface area (Å²) in [4.78, 5) is 25.0. The third kappa shape index (κ3) is 3.15. The van der Waals surface area contributed by atoms with Crippen molar-refractivity contribution in [2.75, 3.05) is 13.2 Å². The summed E-state index contributed by atoms with van der Waals surface area (Å²) in [6.07, 6.45) is 6.20. The Bertz CT molecular complexity index is 666. The number of rotatable bonds is 6. The van der Waals surface area contributed by atoms with E-state index in [0.717, 1.165) is 22.3 Å². The van der Waals surface area contributed by atoms with Crippen LogP contribution in [0.15, 0.2) is 12.1 Å². The van der Waals surface area contributed by atoms with Gasteiger partial charge in [-0.1, -0.05) is 12.1 Å². The van der Waals surface area contributed by atoms with Gasteiger partial charge in [0.1, 0.15) is 0 Å². The highest BCUT2D eigenvalue weighted by atomic mass is 16.6. The second kappa shape index (κ2) is 7.50. The number of aliphatic hydroxyl groups excluding tert-OH is 1. The quantitative estimate of drug-likeness (QED) is 0.487. The lowest BCUT2D eigenvalue weighted by Crippen LogP contribution is -2.43. The van der Waals surface area contributed by atoms with E-state index in [-0.39, 0.29) is 32.7 Å². The maximum absolute atomic E-state index is 12.5. The SMILES string of the molecule is C#CCc1cc2c(cc1CO)CC(C(=O)OCC)(C(=O)OCC)C2. The van der Waals surface area contributed by atoms with E-state index in [1.807, 2.05) is 12.1 Å². The van der Waals surface area contributed by atoms with Crippen LogP contribution in [-0.2, 0) is 44.9 Å². The standard InChI is InChI=1S/C19H22O5/c1-4-7-13-8-14-10-19(17(21)23-5-2,18(22)24-6-3)11-15(14)9-16(13)12-20/h1,8-9,20H,5-7,10-12H2,2-3H3. The monoisotopic (exact) mass is 330 g/mol. The Kier molecular flexibility index (Phi) is 5.63. The lowest BCUT2D eigenvalue weighted by Gasteiger charge is -2.23. The van der Waals surface area contributed by atoms with Crippen molar-refractivity contribution in [3.05, 3.63) is 34.4 Å². The summed E-state index contributed by atoms with van der Waals surface area (Å²) in [6, 6.07) is 3.70. The summed E-state index contributed by atoms with van der Waals surface area (Å²) in [5, 5.41) is 9.54. The molecule has 0 spiro atoms. The fraction of sp³-hybridized carbons (Fsp3) is 0.474. The molecular formula is C19H22O5. The van der Waals surface area contributed by atoms with Crippen LogP contribution in [0, 0.1) is 17.8 Å². The van der Waals surface area contributed by atoms with Gasteiger partial charge in [-0.25, -0.2) is 0 Å². The molecule has 5 heteroatoms. The topological polar surface area (TPSA) is 72.8 Å². The summed E-state index contributed by atoms with van der Waals surface area (Å²) >= 11 is 0. The van der Waals surface area contributed by atoms with E-state index in [1.54, 1.807) is 13.8 Å². The number of carbonyl (C=O) groups excluding carboxylic acids is 2. The number of esters is 2. The average molecular weight is 330 g/mol. The van der Waals surface area contributed by atoms with Crippen molar-refractivity contribution >= 4 is 11.9 Å². The number of aliphatic hydroxyl groups is 1. The van der Waals surface area contributed by atoms with Gasteiger partial charge in [0.15, 0.2) is 5.41 Å². The highest BCUT2D eigenvalue weighted by Crippen LogP contribution is 2.40. The molecule has 0 atom stereocenters. The predicted molar refractivity (Wildman–Crippen MR) is 88.0 cm³/mol. The van der Waals surface area contributed by atoms with Crippen LogP contribution in [0.25, 0.3) is 0 Å². The Morgan fingerprint density at radius 2 is 1.62 bits per heavy atom. The third-order valence-electron chi connectivity index (χ3n) is 4.30. The average Bonchev–Trinajstić information content (AvgIpc) is 2.94.